The summed E-state index contributed by atoms with van der Waals surface area (Å²) in [6.45, 7) is 1.09. The predicted molar refractivity (Wildman–Crippen MR) is 51.4 cm³/mol. The molecule has 4 nitrogen and oxygen atoms in total. The third-order valence-corrected chi connectivity index (χ3v) is 2.74. The summed E-state index contributed by atoms with van der Waals surface area (Å²) in [6, 6.07) is 3.76. The number of hydrogen-bond donors (Lipinski definition) is 2. The molecule has 2 rings (SSSR count). The largest absolute Gasteiger partial charge is 0.391 e. The van der Waals surface area contributed by atoms with Gasteiger partial charge in [0.1, 0.15) is 0 Å². The molecule has 0 amide bonds. The SMILES string of the molecule is Nc1ccc(C2OCC(N)CO2)s1. The van der Waals surface area contributed by atoms with E-state index in [1.807, 2.05) is 12.1 Å². The van der Waals surface area contributed by atoms with Crippen LogP contribution in [0.4, 0.5) is 5.00 Å². The maximum absolute atomic E-state index is 5.61. The second kappa shape index (κ2) is 3.63. The molecule has 4 N–H and O–H groups in total. The fraction of sp³-hybridized carbons (Fsp3) is 0.500. The molecule has 0 radical (unpaired) electrons. The van der Waals surface area contributed by atoms with Crippen LogP contribution in [0.3, 0.4) is 0 Å². The number of thiophene rings is 1. The zero-order valence-corrected chi connectivity index (χ0v) is 7.92. The molecular formula is C8H12N2O2S. The zero-order chi connectivity index (χ0) is 9.26. The summed E-state index contributed by atoms with van der Waals surface area (Å²) in [7, 11) is 0. The fourth-order valence-electron chi connectivity index (χ4n) is 1.18. The minimum atomic E-state index is -0.276. The van der Waals surface area contributed by atoms with E-state index in [1.165, 1.54) is 11.3 Å². The van der Waals surface area contributed by atoms with Crippen molar-refractivity contribution in [2.24, 2.45) is 5.73 Å². The van der Waals surface area contributed by atoms with E-state index in [0.29, 0.717) is 13.2 Å². The van der Waals surface area contributed by atoms with E-state index in [4.69, 9.17) is 20.9 Å². The van der Waals surface area contributed by atoms with Crippen molar-refractivity contribution in [3.05, 3.63) is 17.0 Å². The predicted octanol–water partition coefficient (Wildman–Crippen LogP) is 0.703. The van der Waals surface area contributed by atoms with Gasteiger partial charge in [-0.15, -0.1) is 11.3 Å². The summed E-state index contributed by atoms with van der Waals surface area (Å²) in [5.41, 5.74) is 11.2. The zero-order valence-electron chi connectivity index (χ0n) is 7.10. The van der Waals surface area contributed by atoms with Crippen molar-refractivity contribution in [1.29, 1.82) is 0 Å². The molecule has 1 aromatic rings. The van der Waals surface area contributed by atoms with Crippen molar-refractivity contribution in [3.8, 4) is 0 Å². The van der Waals surface area contributed by atoms with Gasteiger partial charge in [0.2, 0.25) is 0 Å². The van der Waals surface area contributed by atoms with Crippen LogP contribution in [0.15, 0.2) is 12.1 Å². The molecule has 5 heteroatoms. The van der Waals surface area contributed by atoms with E-state index in [9.17, 15) is 0 Å². The van der Waals surface area contributed by atoms with Crippen LogP contribution in [-0.4, -0.2) is 19.3 Å². The monoisotopic (exact) mass is 200 g/mol. The summed E-state index contributed by atoms with van der Waals surface area (Å²) in [5, 5.41) is 0.775. The third-order valence-electron chi connectivity index (χ3n) is 1.80. The number of hydrogen-bond acceptors (Lipinski definition) is 5. The Balaban J connectivity index is 2.02. The van der Waals surface area contributed by atoms with Crippen molar-refractivity contribution in [2.75, 3.05) is 18.9 Å². The maximum Gasteiger partial charge on any atom is 0.193 e. The van der Waals surface area contributed by atoms with E-state index in [2.05, 4.69) is 0 Å². The lowest BCUT2D eigenvalue weighted by atomic mass is 10.3. The average molecular weight is 200 g/mol. The van der Waals surface area contributed by atoms with Gasteiger partial charge in [-0.25, -0.2) is 0 Å². The summed E-state index contributed by atoms with van der Waals surface area (Å²) in [5.74, 6) is 0. The number of nitrogens with two attached hydrogens (primary N) is 2. The van der Waals surface area contributed by atoms with Gasteiger partial charge in [0, 0.05) is 0 Å². The second-order valence-corrected chi connectivity index (χ2v) is 4.15. The van der Waals surface area contributed by atoms with Crippen LogP contribution in [0.5, 0.6) is 0 Å². The first-order chi connectivity index (χ1) is 6.25. The summed E-state index contributed by atoms with van der Waals surface area (Å²) in [6.07, 6.45) is -0.276. The number of ether oxygens (including phenoxy) is 2. The lowest BCUT2D eigenvalue weighted by molar-refractivity contribution is -0.188. The van der Waals surface area contributed by atoms with Crippen LogP contribution in [0.1, 0.15) is 11.2 Å². The number of anilines is 1. The molecule has 2 heterocycles. The Bertz CT molecular complexity index is 281. The van der Waals surface area contributed by atoms with Crippen LogP contribution in [0, 0.1) is 0 Å². The minimum Gasteiger partial charge on any atom is -0.391 e. The van der Waals surface area contributed by atoms with Crippen LogP contribution in [0.2, 0.25) is 0 Å². The second-order valence-electron chi connectivity index (χ2n) is 3.00. The molecule has 0 aliphatic carbocycles. The first-order valence-corrected chi connectivity index (χ1v) is 4.91. The molecule has 13 heavy (non-hydrogen) atoms. The van der Waals surface area contributed by atoms with E-state index < -0.39 is 0 Å². The Morgan fingerprint density at radius 1 is 1.31 bits per heavy atom. The molecule has 1 aliphatic rings. The van der Waals surface area contributed by atoms with Crippen LogP contribution < -0.4 is 11.5 Å². The van der Waals surface area contributed by atoms with Crippen LogP contribution in [0.25, 0.3) is 0 Å². The Morgan fingerprint density at radius 2 is 2.00 bits per heavy atom. The minimum absolute atomic E-state index is 0.00596. The van der Waals surface area contributed by atoms with Crippen LogP contribution >= 0.6 is 11.3 Å². The van der Waals surface area contributed by atoms with Gasteiger partial charge in [0.15, 0.2) is 6.29 Å². The molecule has 0 bridgehead atoms. The van der Waals surface area contributed by atoms with Gasteiger partial charge in [-0.3, -0.25) is 0 Å². The Kier molecular flexibility index (Phi) is 2.50. The van der Waals surface area contributed by atoms with Crippen molar-refractivity contribution in [2.45, 2.75) is 12.3 Å². The van der Waals surface area contributed by atoms with Crippen molar-refractivity contribution < 1.29 is 9.47 Å². The highest BCUT2D eigenvalue weighted by Gasteiger charge is 2.22. The van der Waals surface area contributed by atoms with Gasteiger partial charge >= 0.3 is 0 Å². The van der Waals surface area contributed by atoms with Gasteiger partial charge in [-0.2, -0.15) is 0 Å². The molecular weight excluding hydrogens is 188 g/mol. The quantitative estimate of drug-likeness (QED) is 0.700. The highest BCUT2D eigenvalue weighted by molar-refractivity contribution is 7.15. The van der Waals surface area contributed by atoms with E-state index in [0.717, 1.165) is 9.88 Å². The first kappa shape index (κ1) is 8.96. The third kappa shape index (κ3) is 2.00. The number of nitrogen functional groups attached to an aromatic ring is 1. The van der Waals surface area contributed by atoms with Crippen molar-refractivity contribution >= 4 is 16.3 Å². The molecule has 1 aromatic heterocycles. The summed E-state index contributed by atoms with van der Waals surface area (Å²) >= 11 is 1.48. The highest BCUT2D eigenvalue weighted by Crippen LogP contribution is 2.29. The lowest BCUT2D eigenvalue weighted by Gasteiger charge is -2.26. The van der Waals surface area contributed by atoms with Gasteiger partial charge in [0.05, 0.1) is 29.1 Å². The van der Waals surface area contributed by atoms with Crippen molar-refractivity contribution in [1.82, 2.24) is 0 Å². The summed E-state index contributed by atoms with van der Waals surface area (Å²) < 4.78 is 10.8. The molecule has 0 spiro atoms. The van der Waals surface area contributed by atoms with Crippen LogP contribution in [-0.2, 0) is 9.47 Å². The molecule has 1 saturated heterocycles. The maximum atomic E-state index is 5.61. The molecule has 1 aliphatic heterocycles. The Hall–Kier alpha value is -0.620. The van der Waals surface area contributed by atoms with E-state index in [1.54, 1.807) is 0 Å². The first-order valence-electron chi connectivity index (χ1n) is 4.09. The Morgan fingerprint density at radius 3 is 2.54 bits per heavy atom. The van der Waals surface area contributed by atoms with Gasteiger partial charge < -0.3 is 20.9 Å². The molecule has 0 saturated carbocycles. The highest BCUT2D eigenvalue weighted by atomic mass is 32.1. The summed E-state index contributed by atoms with van der Waals surface area (Å²) in [4.78, 5) is 1.00. The van der Waals surface area contributed by atoms with Gasteiger partial charge in [-0.05, 0) is 12.1 Å². The molecule has 0 aromatic carbocycles. The molecule has 72 valence electrons. The average Bonchev–Trinajstić information content (AvgIpc) is 2.53. The normalized spacial score (nSPS) is 29.0. The standard InChI is InChI=1S/C8H12N2O2S/c9-5-3-11-8(12-4-5)6-1-2-7(10)13-6/h1-2,5,8H,3-4,9-10H2. The van der Waals surface area contributed by atoms with Crippen molar-refractivity contribution in [3.63, 3.8) is 0 Å². The lowest BCUT2D eigenvalue weighted by Crippen LogP contribution is -2.37. The fourth-order valence-corrected chi connectivity index (χ4v) is 1.95. The number of rotatable bonds is 1. The Labute approximate surface area is 80.4 Å². The molecule has 0 atom stereocenters. The smallest absolute Gasteiger partial charge is 0.193 e. The van der Waals surface area contributed by atoms with E-state index in [-0.39, 0.29) is 12.3 Å². The molecule has 1 fully saturated rings. The van der Waals surface area contributed by atoms with Gasteiger partial charge in [0.25, 0.3) is 0 Å². The van der Waals surface area contributed by atoms with E-state index >= 15 is 0 Å². The topological polar surface area (TPSA) is 70.5 Å². The van der Waals surface area contributed by atoms with Gasteiger partial charge in [-0.1, -0.05) is 0 Å². The molecule has 0 unspecified atom stereocenters.